The Kier molecular flexibility index (Phi) is 4.02. The third-order valence-corrected chi connectivity index (χ3v) is 6.89. The molecule has 0 saturated heterocycles. The number of benzene rings is 5. The fourth-order valence-electron chi connectivity index (χ4n) is 4.98. The molecule has 0 atom stereocenters. The van der Waals surface area contributed by atoms with Crippen LogP contribution in [0.25, 0.3) is 60.6 Å². The summed E-state index contributed by atoms with van der Waals surface area (Å²) in [6, 6.07) is 38.5. The smallest absolute Gasteiger partial charge is 0.135 e. The molecule has 7 rings (SSSR count). The largest absolute Gasteiger partial charge is 0.456 e. The predicted molar refractivity (Wildman–Crippen MR) is 141 cm³/mol. The molecule has 0 N–H and O–H groups in total. The zero-order valence-corrected chi connectivity index (χ0v) is 19.2. The third kappa shape index (κ3) is 2.86. The van der Waals surface area contributed by atoms with E-state index in [1.165, 1.54) is 21.8 Å². The van der Waals surface area contributed by atoms with Crippen molar-refractivity contribution in [1.82, 2.24) is 4.57 Å². The second-order valence-corrected chi connectivity index (χ2v) is 9.29. The number of para-hydroxylation sites is 3. The maximum Gasteiger partial charge on any atom is 0.135 e. The van der Waals surface area contributed by atoms with Gasteiger partial charge in [0.25, 0.3) is 0 Å². The summed E-state index contributed by atoms with van der Waals surface area (Å²) in [6.45, 7) is 0. The van der Waals surface area contributed by atoms with Crippen LogP contribution < -0.4 is 0 Å². The van der Waals surface area contributed by atoms with E-state index in [1.807, 2.05) is 12.1 Å². The lowest BCUT2D eigenvalue weighted by Crippen LogP contribution is -1.94. The number of furan rings is 1. The highest BCUT2D eigenvalue weighted by molar-refractivity contribution is 9.10. The molecule has 0 aliphatic rings. The number of fused-ring (bicyclic) bond motifs is 6. The van der Waals surface area contributed by atoms with Gasteiger partial charge in [0, 0.05) is 31.7 Å². The van der Waals surface area contributed by atoms with Gasteiger partial charge < -0.3 is 8.98 Å². The minimum atomic E-state index is 0.914. The lowest BCUT2D eigenvalue weighted by Gasteiger charge is -2.12. The summed E-state index contributed by atoms with van der Waals surface area (Å²) in [7, 11) is 0. The van der Waals surface area contributed by atoms with Gasteiger partial charge in [0.05, 0.1) is 11.0 Å². The first-order valence-corrected chi connectivity index (χ1v) is 11.8. The van der Waals surface area contributed by atoms with Crippen molar-refractivity contribution in [3.05, 3.63) is 114 Å². The van der Waals surface area contributed by atoms with Crippen LogP contribution in [-0.4, -0.2) is 4.57 Å². The summed E-state index contributed by atoms with van der Waals surface area (Å²) in [6.07, 6.45) is 0. The van der Waals surface area contributed by atoms with Crippen molar-refractivity contribution in [1.29, 1.82) is 0 Å². The lowest BCUT2D eigenvalue weighted by atomic mass is 10.0. The Bertz CT molecular complexity index is 1790. The fraction of sp³-hybridized carbons (Fsp3) is 0. The van der Waals surface area contributed by atoms with Crippen molar-refractivity contribution in [2.75, 3.05) is 0 Å². The minimum absolute atomic E-state index is 0.914. The van der Waals surface area contributed by atoms with Gasteiger partial charge >= 0.3 is 0 Å². The van der Waals surface area contributed by atoms with Crippen LogP contribution >= 0.6 is 15.9 Å². The van der Waals surface area contributed by atoms with Gasteiger partial charge in [-0.1, -0.05) is 76.6 Å². The number of halogens is 1. The number of hydrogen-bond donors (Lipinski definition) is 0. The van der Waals surface area contributed by atoms with E-state index in [-0.39, 0.29) is 0 Å². The molecule has 0 aliphatic carbocycles. The van der Waals surface area contributed by atoms with Crippen molar-refractivity contribution in [2.45, 2.75) is 0 Å². The molecule has 0 radical (unpaired) electrons. The number of hydrogen-bond acceptors (Lipinski definition) is 1. The molecule has 2 heterocycles. The van der Waals surface area contributed by atoms with Crippen LogP contribution in [0.4, 0.5) is 0 Å². The van der Waals surface area contributed by atoms with Crippen LogP contribution in [0.1, 0.15) is 0 Å². The van der Waals surface area contributed by atoms with Crippen molar-refractivity contribution in [3.63, 3.8) is 0 Å². The van der Waals surface area contributed by atoms with Crippen molar-refractivity contribution in [3.8, 4) is 16.8 Å². The molecule has 3 heteroatoms. The first-order valence-electron chi connectivity index (χ1n) is 11.0. The van der Waals surface area contributed by atoms with Crippen molar-refractivity contribution < 1.29 is 4.42 Å². The topological polar surface area (TPSA) is 18.1 Å². The Morgan fingerprint density at radius 2 is 1.15 bits per heavy atom. The Balaban J connectivity index is 1.48. The summed E-state index contributed by atoms with van der Waals surface area (Å²) in [5.74, 6) is 0. The molecule has 5 aromatic carbocycles. The zero-order valence-electron chi connectivity index (χ0n) is 17.6. The molecular weight excluding hydrogens is 470 g/mol. The summed E-state index contributed by atoms with van der Waals surface area (Å²) >= 11 is 3.77. The van der Waals surface area contributed by atoms with E-state index in [0.717, 1.165) is 43.2 Å². The van der Waals surface area contributed by atoms with Gasteiger partial charge in [-0.05, 0) is 59.7 Å². The van der Waals surface area contributed by atoms with E-state index in [1.54, 1.807) is 0 Å². The average molecular weight is 488 g/mol. The van der Waals surface area contributed by atoms with E-state index >= 15 is 0 Å². The van der Waals surface area contributed by atoms with Crippen LogP contribution in [0.3, 0.4) is 0 Å². The van der Waals surface area contributed by atoms with E-state index in [0.29, 0.717) is 0 Å². The zero-order chi connectivity index (χ0) is 21.9. The van der Waals surface area contributed by atoms with Gasteiger partial charge in [0.15, 0.2) is 0 Å². The highest BCUT2D eigenvalue weighted by Crippen LogP contribution is 2.36. The maximum absolute atomic E-state index is 6.03. The first-order chi connectivity index (χ1) is 16.3. The van der Waals surface area contributed by atoms with Gasteiger partial charge in [-0.15, -0.1) is 0 Å². The molecule has 33 heavy (non-hydrogen) atoms. The normalized spacial score (nSPS) is 11.8. The predicted octanol–water partition coefficient (Wildman–Crippen LogP) is 9.11. The van der Waals surface area contributed by atoms with Gasteiger partial charge in [-0.25, -0.2) is 0 Å². The van der Waals surface area contributed by atoms with Crippen molar-refractivity contribution in [2.24, 2.45) is 0 Å². The standard InChI is InChI=1S/C30H18BrNO/c31-21-15-20(19-13-14-30-26(17-19)25-9-3-6-12-29(25)33-30)16-22(18-21)32-27-10-4-1-7-23(27)24-8-2-5-11-28(24)32/h1-18H. The molecule has 0 amide bonds. The molecule has 0 bridgehead atoms. The van der Waals surface area contributed by atoms with Crippen LogP contribution in [0.5, 0.6) is 0 Å². The molecule has 7 aromatic rings. The average Bonchev–Trinajstić information content (AvgIpc) is 3.39. The highest BCUT2D eigenvalue weighted by Gasteiger charge is 2.14. The summed E-state index contributed by atoms with van der Waals surface area (Å²) < 4.78 is 9.43. The van der Waals surface area contributed by atoms with Crippen molar-refractivity contribution >= 4 is 59.7 Å². The molecule has 156 valence electrons. The molecule has 0 spiro atoms. The second kappa shape index (κ2) is 7.09. The molecule has 0 aliphatic heterocycles. The van der Waals surface area contributed by atoms with Gasteiger partial charge in [0.1, 0.15) is 11.2 Å². The van der Waals surface area contributed by atoms with Gasteiger partial charge in [0.2, 0.25) is 0 Å². The van der Waals surface area contributed by atoms with Crippen LogP contribution in [0.15, 0.2) is 118 Å². The van der Waals surface area contributed by atoms with E-state index < -0.39 is 0 Å². The van der Waals surface area contributed by atoms with Gasteiger partial charge in [-0.2, -0.15) is 0 Å². The second-order valence-electron chi connectivity index (χ2n) is 8.38. The summed E-state index contributed by atoms with van der Waals surface area (Å²) in [5.41, 5.74) is 7.71. The van der Waals surface area contributed by atoms with E-state index in [4.69, 9.17) is 4.42 Å². The summed E-state index contributed by atoms with van der Waals surface area (Å²) in [5, 5.41) is 4.82. The monoisotopic (exact) mass is 487 g/mol. The number of nitrogens with zero attached hydrogens (tertiary/aromatic N) is 1. The Morgan fingerprint density at radius 1 is 0.515 bits per heavy atom. The molecule has 2 aromatic heterocycles. The van der Waals surface area contributed by atoms with Crippen LogP contribution in [0.2, 0.25) is 0 Å². The quantitative estimate of drug-likeness (QED) is 0.237. The Hall–Kier alpha value is -3.82. The van der Waals surface area contributed by atoms with Crippen LogP contribution in [-0.2, 0) is 0 Å². The molecule has 0 fully saturated rings. The first kappa shape index (κ1) is 18.7. The summed E-state index contributed by atoms with van der Waals surface area (Å²) in [4.78, 5) is 0. The Labute approximate surface area is 198 Å². The molecule has 0 unspecified atom stereocenters. The van der Waals surface area contributed by atoms with Gasteiger partial charge in [-0.3, -0.25) is 0 Å². The fourth-order valence-corrected chi connectivity index (χ4v) is 5.46. The van der Waals surface area contributed by atoms with E-state index in [9.17, 15) is 0 Å². The molecule has 0 saturated carbocycles. The third-order valence-electron chi connectivity index (χ3n) is 6.43. The molecule has 2 nitrogen and oxygen atoms in total. The van der Waals surface area contributed by atoms with E-state index in [2.05, 4.69) is 118 Å². The number of rotatable bonds is 2. The highest BCUT2D eigenvalue weighted by atomic mass is 79.9. The Morgan fingerprint density at radius 3 is 1.91 bits per heavy atom. The SMILES string of the molecule is Brc1cc(-c2ccc3oc4ccccc4c3c2)cc(-n2c3ccccc3c3ccccc32)c1. The lowest BCUT2D eigenvalue weighted by molar-refractivity contribution is 0.669. The van der Waals surface area contributed by atoms with Crippen LogP contribution in [0, 0.1) is 0 Å². The number of aromatic nitrogens is 1. The minimum Gasteiger partial charge on any atom is -0.456 e. The maximum atomic E-state index is 6.03. The molecular formula is C30H18BrNO.